The minimum absolute atomic E-state index is 0.0107. The number of unbranched alkanes of at least 4 members (excludes halogenated alkanes) is 50. The first kappa shape index (κ1) is 77.8. The Morgan fingerprint density at radius 2 is 0.625 bits per heavy atom. The maximum absolute atomic E-state index is 12.5. The summed E-state index contributed by atoms with van der Waals surface area (Å²) in [6.07, 6.45) is 90.6. The van der Waals surface area contributed by atoms with Crippen molar-refractivity contribution in [3.05, 3.63) is 48.6 Å². The number of rotatable bonds is 67. The second-order valence-corrected chi connectivity index (χ2v) is 24.6. The van der Waals surface area contributed by atoms with E-state index in [0.717, 1.165) is 51.4 Å². The van der Waals surface area contributed by atoms with Crippen LogP contribution in [0, 0.1) is 0 Å². The molecule has 0 aromatic heterocycles. The van der Waals surface area contributed by atoms with E-state index >= 15 is 0 Å². The molecule has 2 unspecified atom stereocenters. The Morgan fingerprint density at radius 1 is 0.350 bits per heavy atom. The summed E-state index contributed by atoms with van der Waals surface area (Å²) in [5, 5.41) is 23.1. The smallest absolute Gasteiger partial charge is 0.305 e. The molecule has 0 bridgehead atoms. The van der Waals surface area contributed by atoms with E-state index in [1.54, 1.807) is 6.08 Å². The molecule has 0 saturated carbocycles. The van der Waals surface area contributed by atoms with Gasteiger partial charge in [0, 0.05) is 12.8 Å². The summed E-state index contributed by atoms with van der Waals surface area (Å²) in [6.45, 7) is 4.89. The molecule has 6 heteroatoms. The van der Waals surface area contributed by atoms with Gasteiger partial charge in [-0.05, 0) is 89.9 Å². The third-order valence-electron chi connectivity index (χ3n) is 16.6. The van der Waals surface area contributed by atoms with Crippen LogP contribution in [0.5, 0.6) is 0 Å². The number of allylic oxidation sites excluding steroid dienone is 7. The normalized spacial score (nSPS) is 12.8. The topological polar surface area (TPSA) is 95.9 Å². The zero-order valence-electron chi connectivity index (χ0n) is 53.8. The summed E-state index contributed by atoms with van der Waals surface area (Å²) >= 11 is 0. The Kier molecular flexibility index (Phi) is 67.4. The van der Waals surface area contributed by atoms with Crippen molar-refractivity contribution in [2.75, 3.05) is 13.2 Å². The van der Waals surface area contributed by atoms with E-state index in [2.05, 4.69) is 55.6 Å². The molecule has 0 spiro atoms. The van der Waals surface area contributed by atoms with Crippen LogP contribution in [-0.2, 0) is 14.3 Å². The van der Waals surface area contributed by atoms with Crippen LogP contribution in [0.25, 0.3) is 0 Å². The fourth-order valence-electron chi connectivity index (χ4n) is 11.1. The van der Waals surface area contributed by atoms with E-state index in [-0.39, 0.29) is 18.5 Å². The van der Waals surface area contributed by atoms with E-state index in [9.17, 15) is 19.8 Å². The Bertz CT molecular complexity index is 1340. The van der Waals surface area contributed by atoms with Crippen molar-refractivity contribution in [1.82, 2.24) is 5.32 Å². The van der Waals surface area contributed by atoms with E-state index in [1.807, 2.05) is 6.08 Å². The Hall–Kier alpha value is -2.18. The second-order valence-electron chi connectivity index (χ2n) is 24.6. The molecule has 0 aliphatic rings. The average molecular weight is 1120 g/mol. The molecule has 0 aromatic rings. The molecule has 3 N–H and O–H groups in total. The number of carbonyl (C=O) groups excluding carboxylic acids is 2. The lowest BCUT2D eigenvalue weighted by Gasteiger charge is -2.20. The number of aliphatic hydroxyl groups excluding tert-OH is 2. The molecular formula is C74H139NO5. The fourth-order valence-corrected chi connectivity index (χ4v) is 11.1. The number of ether oxygens (including phenoxy) is 1. The molecule has 80 heavy (non-hydrogen) atoms. The van der Waals surface area contributed by atoms with Crippen molar-refractivity contribution < 1.29 is 24.5 Å². The van der Waals surface area contributed by atoms with Crippen LogP contribution in [-0.4, -0.2) is 47.4 Å². The van der Waals surface area contributed by atoms with Crippen LogP contribution in [0.4, 0.5) is 0 Å². The number of aliphatic hydroxyl groups is 2. The van der Waals surface area contributed by atoms with Crippen LogP contribution in [0.3, 0.4) is 0 Å². The molecule has 0 heterocycles. The van der Waals surface area contributed by atoms with E-state index in [4.69, 9.17) is 4.74 Å². The number of hydrogen-bond donors (Lipinski definition) is 3. The number of nitrogens with one attached hydrogen (secondary N) is 1. The van der Waals surface area contributed by atoms with Crippen molar-refractivity contribution in [1.29, 1.82) is 0 Å². The summed E-state index contributed by atoms with van der Waals surface area (Å²) in [5.74, 6) is -0.0532. The number of amides is 1. The van der Waals surface area contributed by atoms with Gasteiger partial charge in [0.2, 0.25) is 5.91 Å². The Balaban J connectivity index is 3.35. The van der Waals surface area contributed by atoms with E-state index in [0.29, 0.717) is 19.4 Å². The standard InChI is InChI=1S/C74H139NO5/c1-3-5-7-9-11-13-15-17-18-36-40-44-48-52-56-60-64-68-74(79)80-69-65-61-57-53-49-45-41-38-35-33-31-29-27-25-23-21-19-20-22-24-26-28-30-32-34-37-39-43-47-51-55-59-63-67-73(78)75-71(70-76)72(77)66-62-58-54-50-46-42-16-14-12-10-8-6-4-2/h11,13,17-18,23,25,62,66,71-72,76-77H,3-10,12,14-16,19-22,24,26-61,63-65,67-70H2,1-2H3,(H,75,78)/b13-11-,18-17-,25-23-,66-62+. The van der Waals surface area contributed by atoms with Crippen molar-refractivity contribution in [2.24, 2.45) is 0 Å². The number of esters is 1. The molecule has 0 fully saturated rings. The lowest BCUT2D eigenvalue weighted by Crippen LogP contribution is -2.45. The number of carbonyl (C=O) groups is 2. The highest BCUT2D eigenvalue weighted by Crippen LogP contribution is 2.18. The van der Waals surface area contributed by atoms with Gasteiger partial charge in [-0.1, -0.05) is 332 Å². The van der Waals surface area contributed by atoms with Crippen LogP contribution >= 0.6 is 0 Å². The van der Waals surface area contributed by atoms with E-state index < -0.39 is 12.1 Å². The van der Waals surface area contributed by atoms with Gasteiger partial charge in [0.1, 0.15) is 0 Å². The Morgan fingerprint density at radius 3 is 0.988 bits per heavy atom. The minimum atomic E-state index is -0.842. The first-order valence-corrected chi connectivity index (χ1v) is 35.9. The summed E-state index contributed by atoms with van der Waals surface area (Å²) in [4.78, 5) is 24.6. The highest BCUT2D eigenvalue weighted by atomic mass is 16.5. The third-order valence-corrected chi connectivity index (χ3v) is 16.6. The van der Waals surface area contributed by atoms with E-state index in [1.165, 1.54) is 308 Å². The van der Waals surface area contributed by atoms with Gasteiger partial charge in [0.15, 0.2) is 0 Å². The maximum Gasteiger partial charge on any atom is 0.305 e. The largest absolute Gasteiger partial charge is 0.466 e. The van der Waals surface area contributed by atoms with Crippen LogP contribution < -0.4 is 5.32 Å². The zero-order chi connectivity index (χ0) is 57.8. The third kappa shape index (κ3) is 65.0. The summed E-state index contributed by atoms with van der Waals surface area (Å²) in [5.41, 5.74) is 0. The second kappa shape index (κ2) is 69.3. The first-order chi connectivity index (χ1) is 39.5. The van der Waals surface area contributed by atoms with Crippen LogP contribution in [0.1, 0.15) is 386 Å². The molecule has 6 nitrogen and oxygen atoms in total. The predicted octanol–water partition coefficient (Wildman–Crippen LogP) is 23.3. The number of hydrogen-bond acceptors (Lipinski definition) is 5. The molecule has 0 aromatic carbocycles. The van der Waals surface area contributed by atoms with Crippen molar-refractivity contribution in [2.45, 2.75) is 398 Å². The van der Waals surface area contributed by atoms with Gasteiger partial charge in [-0.15, -0.1) is 0 Å². The quantitative estimate of drug-likeness (QED) is 0.0320. The Labute approximate surface area is 499 Å². The molecule has 1 amide bonds. The van der Waals surface area contributed by atoms with Crippen molar-refractivity contribution in [3.63, 3.8) is 0 Å². The zero-order valence-corrected chi connectivity index (χ0v) is 53.8. The van der Waals surface area contributed by atoms with Gasteiger partial charge in [0.05, 0.1) is 25.4 Å². The highest BCUT2D eigenvalue weighted by Gasteiger charge is 2.18. The van der Waals surface area contributed by atoms with Gasteiger partial charge >= 0.3 is 5.97 Å². The minimum Gasteiger partial charge on any atom is -0.466 e. The summed E-state index contributed by atoms with van der Waals surface area (Å²) < 4.78 is 5.50. The van der Waals surface area contributed by atoms with Crippen LogP contribution in [0.2, 0.25) is 0 Å². The summed E-state index contributed by atoms with van der Waals surface area (Å²) in [6, 6.07) is -0.625. The molecular weight excluding hydrogens is 983 g/mol. The van der Waals surface area contributed by atoms with Gasteiger partial charge in [-0.3, -0.25) is 9.59 Å². The van der Waals surface area contributed by atoms with Crippen molar-refractivity contribution in [3.8, 4) is 0 Å². The lowest BCUT2D eigenvalue weighted by atomic mass is 10.0. The molecule has 2 atom stereocenters. The van der Waals surface area contributed by atoms with Gasteiger partial charge in [-0.2, -0.15) is 0 Å². The molecule has 0 rings (SSSR count). The molecule has 0 aliphatic heterocycles. The molecule has 0 aliphatic carbocycles. The fraction of sp³-hybridized carbons (Fsp3) is 0.865. The maximum atomic E-state index is 12.5. The molecule has 470 valence electrons. The lowest BCUT2D eigenvalue weighted by molar-refractivity contribution is -0.143. The van der Waals surface area contributed by atoms with Crippen molar-refractivity contribution >= 4 is 11.9 Å². The average Bonchev–Trinajstić information content (AvgIpc) is 3.46. The monoisotopic (exact) mass is 1120 g/mol. The highest BCUT2D eigenvalue weighted by molar-refractivity contribution is 5.76. The molecule has 0 radical (unpaired) electrons. The van der Waals surface area contributed by atoms with Gasteiger partial charge in [-0.25, -0.2) is 0 Å². The predicted molar refractivity (Wildman–Crippen MR) is 352 cm³/mol. The van der Waals surface area contributed by atoms with Gasteiger partial charge < -0.3 is 20.3 Å². The van der Waals surface area contributed by atoms with Gasteiger partial charge in [0.25, 0.3) is 0 Å². The van der Waals surface area contributed by atoms with Crippen LogP contribution in [0.15, 0.2) is 48.6 Å². The first-order valence-electron chi connectivity index (χ1n) is 35.9. The molecule has 0 saturated heterocycles. The SMILES string of the molecule is CCCCC/C=C\C/C=C\CCCCCCCCCC(=O)OCCCCCCCCCCCCCC/C=C\CCCCCCCCCCCCCCCCCCCC(=O)NC(CO)C(O)/C=C/CCCCCCCCCCCCC. The summed E-state index contributed by atoms with van der Waals surface area (Å²) in [7, 11) is 0.